The Labute approximate surface area is 85.1 Å². The Morgan fingerprint density at radius 1 is 1.67 bits per heavy atom. The Morgan fingerprint density at radius 2 is 2.42 bits per heavy atom. The molecule has 0 unspecified atom stereocenters. The molecule has 0 aliphatic carbocycles. The van der Waals surface area contributed by atoms with Crippen molar-refractivity contribution < 1.29 is 0 Å². The Bertz CT molecular complexity index is 341. The number of nitrogens with two attached hydrogens (primary N) is 1. The number of hydrogen-bond donors (Lipinski definition) is 2. The normalized spacial score (nSPS) is 8.83. The number of nitrogen functional groups attached to an aromatic ring is 1. The summed E-state index contributed by atoms with van der Waals surface area (Å²) in [6, 6.07) is 1.83. The van der Waals surface area contributed by atoms with E-state index in [-0.39, 0.29) is 0 Å². The molecule has 1 aromatic rings. The lowest BCUT2D eigenvalue weighted by atomic mass is 10.2. The second-order valence-electron chi connectivity index (χ2n) is 2.05. The monoisotopic (exact) mass is 242 g/mol. The van der Waals surface area contributed by atoms with Crippen molar-refractivity contribution in [3.05, 3.63) is 22.3 Å². The minimum Gasteiger partial charge on any atom is -0.383 e. The Hall–Kier alpha value is -0.660. The third-order valence-electron chi connectivity index (χ3n) is 1.19. The van der Waals surface area contributed by atoms with E-state index in [9.17, 15) is 0 Å². The smallest absolute Gasteiger partial charge is 0.139 e. The van der Waals surface area contributed by atoms with Gasteiger partial charge in [-0.15, -0.1) is 0 Å². The quantitative estimate of drug-likeness (QED) is 0.537. The molecule has 0 fully saturated rings. The standard InChI is InChI=1S/C8H7BrN2S/c9-7-4-6(2-1-3-12)8(10)11-5-7/h4-5,12H,3H2,(H2,10,11). The van der Waals surface area contributed by atoms with E-state index in [0.717, 1.165) is 10.0 Å². The molecule has 0 aliphatic heterocycles. The summed E-state index contributed by atoms with van der Waals surface area (Å²) < 4.78 is 0.875. The zero-order chi connectivity index (χ0) is 8.97. The van der Waals surface area contributed by atoms with Crippen molar-refractivity contribution in [3.8, 4) is 11.8 Å². The van der Waals surface area contributed by atoms with Gasteiger partial charge in [-0.3, -0.25) is 0 Å². The van der Waals surface area contributed by atoms with Gasteiger partial charge in [0.15, 0.2) is 0 Å². The van der Waals surface area contributed by atoms with Gasteiger partial charge in [-0.05, 0) is 22.0 Å². The molecule has 0 aromatic carbocycles. The summed E-state index contributed by atoms with van der Waals surface area (Å²) in [5.41, 5.74) is 6.31. The van der Waals surface area contributed by atoms with Gasteiger partial charge < -0.3 is 5.73 Å². The zero-order valence-electron chi connectivity index (χ0n) is 6.21. The summed E-state index contributed by atoms with van der Waals surface area (Å²) >= 11 is 7.25. The Morgan fingerprint density at radius 3 is 3.08 bits per heavy atom. The first kappa shape index (κ1) is 9.43. The Balaban J connectivity index is 3.05. The summed E-state index contributed by atoms with van der Waals surface area (Å²) in [7, 11) is 0. The number of pyridine rings is 1. The van der Waals surface area contributed by atoms with Crippen LogP contribution in [0.15, 0.2) is 16.7 Å². The molecule has 1 heterocycles. The van der Waals surface area contributed by atoms with Crippen LogP contribution in [-0.4, -0.2) is 10.7 Å². The van der Waals surface area contributed by atoms with Crippen molar-refractivity contribution in [2.75, 3.05) is 11.5 Å². The first-order valence-corrected chi connectivity index (χ1v) is 4.67. The summed E-state index contributed by atoms with van der Waals surface area (Å²) in [5, 5.41) is 0. The molecule has 1 rings (SSSR count). The zero-order valence-corrected chi connectivity index (χ0v) is 8.69. The maximum Gasteiger partial charge on any atom is 0.139 e. The predicted molar refractivity (Wildman–Crippen MR) is 57.1 cm³/mol. The first-order valence-electron chi connectivity index (χ1n) is 3.25. The van der Waals surface area contributed by atoms with Gasteiger partial charge in [-0.25, -0.2) is 4.98 Å². The number of aromatic nitrogens is 1. The number of halogens is 1. The van der Waals surface area contributed by atoms with Crippen LogP contribution in [0.4, 0.5) is 5.82 Å². The van der Waals surface area contributed by atoms with Crippen molar-refractivity contribution in [3.63, 3.8) is 0 Å². The van der Waals surface area contributed by atoms with Crippen LogP contribution in [0.2, 0.25) is 0 Å². The molecule has 0 amide bonds. The molecule has 2 nitrogen and oxygen atoms in total. The van der Waals surface area contributed by atoms with Crippen molar-refractivity contribution in [1.82, 2.24) is 4.98 Å². The average Bonchev–Trinajstić information content (AvgIpc) is 2.07. The topological polar surface area (TPSA) is 38.9 Å². The van der Waals surface area contributed by atoms with Crippen molar-refractivity contribution in [2.45, 2.75) is 0 Å². The molecule has 12 heavy (non-hydrogen) atoms. The lowest BCUT2D eigenvalue weighted by Crippen LogP contribution is -1.93. The van der Waals surface area contributed by atoms with Gasteiger partial charge >= 0.3 is 0 Å². The Kier molecular flexibility index (Phi) is 3.45. The fourth-order valence-corrected chi connectivity index (χ4v) is 1.10. The highest BCUT2D eigenvalue weighted by molar-refractivity contribution is 9.10. The minimum atomic E-state index is 0.451. The summed E-state index contributed by atoms with van der Waals surface area (Å²) in [4.78, 5) is 3.94. The number of hydrogen-bond acceptors (Lipinski definition) is 3. The van der Waals surface area contributed by atoms with Gasteiger partial charge in [0.05, 0.1) is 11.3 Å². The van der Waals surface area contributed by atoms with Crippen molar-refractivity contribution >= 4 is 34.4 Å². The third-order valence-corrected chi connectivity index (χ3v) is 1.78. The SMILES string of the molecule is Nc1ncc(Br)cc1C#CCS. The van der Waals surface area contributed by atoms with Gasteiger partial charge in [-0.1, -0.05) is 11.8 Å². The fraction of sp³-hybridized carbons (Fsp3) is 0.125. The van der Waals surface area contributed by atoms with Crippen molar-refractivity contribution in [2.24, 2.45) is 0 Å². The molecular weight excluding hydrogens is 236 g/mol. The van der Waals surface area contributed by atoms with Gasteiger partial charge in [0.25, 0.3) is 0 Å². The lowest BCUT2D eigenvalue weighted by Gasteiger charge is -1.96. The number of rotatable bonds is 0. The van der Waals surface area contributed by atoms with Crippen LogP contribution >= 0.6 is 28.6 Å². The molecule has 4 heteroatoms. The molecule has 0 aliphatic rings. The molecule has 0 bridgehead atoms. The molecule has 0 atom stereocenters. The van der Waals surface area contributed by atoms with Gasteiger partial charge in [0, 0.05) is 10.7 Å². The van der Waals surface area contributed by atoms with E-state index in [2.05, 4.69) is 45.4 Å². The van der Waals surface area contributed by atoms with Crippen LogP contribution in [0.1, 0.15) is 5.56 Å². The van der Waals surface area contributed by atoms with Crippen LogP contribution < -0.4 is 5.73 Å². The molecule has 62 valence electrons. The van der Waals surface area contributed by atoms with E-state index in [1.807, 2.05) is 6.07 Å². The van der Waals surface area contributed by atoms with Crippen molar-refractivity contribution in [1.29, 1.82) is 0 Å². The fourth-order valence-electron chi connectivity index (χ4n) is 0.685. The summed E-state index contributed by atoms with van der Waals surface area (Å²) in [6.45, 7) is 0. The minimum absolute atomic E-state index is 0.451. The van der Waals surface area contributed by atoms with E-state index < -0.39 is 0 Å². The van der Waals surface area contributed by atoms with E-state index in [0.29, 0.717) is 11.6 Å². The van der Waals surface area contributed by atoms with Gasteiger partial charge in [0.1, 0.15) is 5.82 Å². The number of nitrogens with zero attached hydrogens (tertiary/aromatic N) is 1. The second-order valence-corrected chi connectivity index (χ2v) is 3.28. The molecule has 0 spiro atoms. The molecule has 0 radical (unpaired) electrons. The number of anilines is 1. The molecular formula is C8H7BrN2S. The molecule has 2 N–H and O–H groups in total. The predicted octanol–water partition coefficient (Wildman–Crippen LogP) is 1.71. The van der Waals surface area contributed by atoms with Gasteiger partial charge in [-0.2, -0.15) is 12.6 Å². The van der Waals surface area contributed by atoms with E-state index in [1.54, 1.807) is 6.20 Å². The second kappa shape index (κ2) is 4.39. The van der Waals surface area contributed by atoms with Crippen LogP contribution in [0, 0.1) is 11.8 Å². The molecule has 0 saturated heterocycles. The van der Waals surface area contributed by atoms with E-state index in [1.165, 1.54) is 0 Å². The summed E-state index contributed by atoms with van der Waals surface area (Å²) in [5.74, 6) is 6.64. The molecule has 1 aromatic heterocycles. The highest BCUT2D eigenvalue weighted by atomic mass is 79.9. The highest BCUT2D eigenvalue weighted by Gasteiger charge is 1.96. The van der Waals surface area contributed by atoms with Crippen LogP contribution in [0.3, 0.4) is 0 Å². The van der Waals surface area contributed by atoms with Crippen LogP contribution in [-0.2, 0) is 0 Å². The van der Waals surface area contributed by atoms with E-state index >= 15 is 0 Å². The first-order chi connectivity index (χ1) is 5.74. The largest absolute Gasteiger partial charge is 0.383 e. The maximum absolute atomic E-state index is 5.57. The van der Waals surface area contributed by atoms with Crippen LogP contribution in [0.5, 0.6) is 0 Å². The average molecular weight is 243 g/mol. The summed E-state index contributed by atoms with van der Waals surface area (Å²) in [6.07, 6.45) is 1.64. The highest BCUT2D eigenvalue weighted by Crippen LogP contribution is 2.13. The van der Waals surface area contributed by atoms with E-state index in [4.69, 9.17) is 5.73 Å². The number of thiol groups is 1. The lowest BCUT2D eigenvalue weighted by molar-refractivity contribution is 1.30. The third kappa shape index (κ3) is 2.43. The van der Waals surface area contributed by atoms with Crippen LogP contribution in [0.25, 0.3) is 0 Å². The molecule has 0 saturated carbocycles. The van der Waals surface area contributed by atoms with Gasteiger partial charge in [0.2, 0.25) is 0 Å². The maximum atomic E-state index is 5.57.